The molecule has 0 unspecified atom stereocenters. The first-order valence-corrected chi connectivity index (χ1v) is 11.3. The van der Waals surface area contributed by atoms with Gasteiger partial charge < -0.3 is 15.2 Å². The van der Waals surface area contributed by atoms with E-state index in [2.05, 4.69) is 25.8 Å². The summed E-state index contributed by atoms with van der Waals surface area (Å²) in [5.74, 6) is -0.220. The lowest BCUT2D eigenvalue weighted by atomic mass is 9.96. The fraction of sp³-hybridized carbons (Fsp3) is 0.400. The van der Waals surface area contributed by atoms with Gasteiger partial charge in [-0.3, -0.25) is 9.59 Å². The second-order valence-electron chi connectivity index (χ2n) is 9.70. The van der Waals surface area contributed by atoms with Crippen molar-refractivity contribution in [1.82, 2.24) is 20.4 Å². The lowest BCUT2D eigenvalue weighted by molar-refractivity contribution is -0.117. The Balaban J connectivity index is 1.51. The molecule has 9 heteroatoms. The number of carbonyl (C=O) groups excluding carboxylic acids is 2. The number of amides is 2. The molecule has 1 aliphatic rings. The van der Waals surface area contributed by atoms with Crippen LogP contribution in [-0.4, -0.2) is 26.9 Å². The molecule has 34 heavy (non-hydrogen) atoms. The summed E-state index contributed by atoms with van der Waals surface area (Å²) in [5.41, 5.74) is 1.66. The minimum atomic E-state index is -0.499. The molecule has 8 nitrogen and oxygen atoms in total. The van der Waals surface area contributed by atoms with Gasteiger partial charge >= 0.3 is 0 Å². The minimum Gasteiger partial charge on any atom is -0.343 e. The van der Waals surface area contributed by atoms with E-state index in [9.17, 15) is 9.59 Å². The Morgan fingerprint density at radius 2 is 1.94 bits per heavy atom. The fourth-order valence-corrected chi connectivity index (χ4v) is 3.59. The first-order chi connectivity index (χ1) is 16.0. The molecule has 2 N–H and O–H groups in total. The molecule has 1 aromatic carbocycles. The second kappa shape index (κ2) is 8.96. The highest BCUT2D eigenvalue weighted by Crippen LogP contribution is 2.32. The van der Waals surface area contributed by atoms with Gasteiger partial charge in [-0.2, -0.15) is 4.98 Å². The summed E-state index contributed by atoms with van der Waals surface area (Å²) in [5, 5.41) is 9.35. The molecule has 2 heterocycles. The van der Waals surface area contributed by atoms with Crippen molar-refractivity contribution in [2.24, 2.45) is 5.92 Å². The number of nitrogens with zero attached hydrogens (tertiary/aromatic N) is 3. The van der Waals surface area contributed by atoms with Gasteiger partial charge in [0, 0.05) is 23.1 Å². The van der Waals surface area contributed by atoms with Crippen LogP contribution < -0.4 is 10.6 Å². The molecule has 2 amide bonds. The van der Waals surface area contributed by atoms with Gasteiger partial charge in [0.15, 0.2) is 0 Å². The minimum absolute atomic E-state index is 0.0490. The van der Waals surface area contributed by atoms with E-state index >= 15 is 4.39 Å². The van der Waals surface area contributed by atoms with Crippen molar-refractivity contribution in [2.75, 3.05) is 5.32 Å². The van der Waals surface area contributed by atoms with E-state index in [1.54, 1.807) is 44.3 Å². The number of hydrogen-bond donors (Lipinski definition) is 2. The smallest absolute Gasteiger partial charge is 0.293 e. The number of carbonyl (C=O) groups is 2. The van der Waals surface area contributed by atoms with Gasteiger partial charge in [0.2, 0.25) is 11.8 Å². The zero-order chi connectivity index (χ0) is 24.6. The highest BCUT2D eigenvalue weighted by Gasteiger charge is 2.30. The summed E-state index contributed by atoms with van der Waals surface area (Å²) >= 11 is 0. The Bertz CT molecular complexity index is 1240. The Kier molecular flexibility index (Phi) is 6.20. The standard InChI is InChI=1S/C25H28FN5O3/c1-13-17(14(2)28-23(33)21-30-24(34-31-21)25(3,4)5)8-9-18(20(13)26)16-10-11-27-19(12-16)29-22(32)15-6-7-15/h8-12,14-15H,6-7H2,1-5H3,(H,28,33)(H,27,29,32)/t14-/m1/s1. The molecule has 1 aliphatic carbocycles. The number of rotatable bonds is 6. The number of pyridine rings is 1. The van der Waals surface area contributed by atoms with Crippen LogP contribution in [-0.2, 0) is 10.2 Å². The number of halogens is 1. The van der Waals surface area contributed by atoms with E-state index in [1.165, 1.54) is 0 Å². The van der Waals surface area contributed by atoms with Crippen LogP contribution in [0, 0.1) is 18.7 Å². The molecule has 1 fully saturated rings. The number of anilines is 1. The van der Waals surface area contributed by atoms with Crippen LogP contribution in [0.25, 0.3) is 11.1 Å². The lowest BCUT2D eigenvalue weighted by Gasteiger charge is -2.18. The Morgan fingerprint density at radius 3 is 2.59 bits per heavy atom. The largest absolute Gasteiger partial charge is 0.343 e. The number of aromatic nitrogens is 3. The Labute approximate surface area is 197 Å². The summed E-state index contributed by atoms with van der Waals surface area (Å²) in [6.45, 7) is 9.16. The molecular weight excluding hydrogens is 437 g/mol. The van der Waals surface area contributed by atoms with Gasteiger partial charge in [-0.05, 0) is 55.5 Å². The van der Waals surface area contributed by atoms with Crippen LogP contribution in [0.3, 0.4) is 0 Å². The van der Waals surface area contributed by atoms with Crippen molar-refractivity contribution >= 4 is 17.6 Å². The van der Waals surface area contributed by atoms with Gasteiger partial charge in [0.05, 0.1) is 6.04 Å². The van der Waals surface area contributed by atoms with Crippen molar-refractivity contribution in [3.8, 4) is 11.1 Å². The van der Waals surface area contributed by atoms with Crippen molar-refractivity contribution in [2.45, 2.75) is 58.9 Å². The van der Waals surface area contributed by atoms with Crippen LogP contribution in [0.4, 0.5) is 10.2 Å². The van der Waals surface area contributed by atoms with E-state index in [1.807, 2.05) is 20.8 Å². The normalized spacial score (nSPS) is 14.5. The SMILES string of the molecule is Cc1c([C@@H](C)NC(=O)c2noc(C(C)(C)C)n2)ccc(-c2ccnc(NC(=O)C3CC3)c2)c1F. The van der Waals surface area contributed by atoms with Gasteiger partial charge in [-0.15, -0.1) is 0 Å². The third-order valence-corrected chi connectivity index (χ3v) is 5.78. The van der Waals surface area contributed by atoms with Gasteiger partial charge in [0.1, 0.15) is 11.6 Å². The summed E-state index contributed by atoms with van der Waals surface area (Å²) in [7, 11) is 0. The molecule has 3 aromatic rings. The molecule has 0 saturated heterocycles. The number of nitrogens with one attached hydrogen (secondary N) is 2. The molecule has 1 atom stereocenters. The topological polar surface area (TPSA) is 110 Å². The zero-order valence-corrected chi connectivity index (χ0v) is 19.9. The lowest BCUT2D eigenvalue weighted by Crippen LogP contribution is -2.28. The highest BCUT2D eigenvalue weighted by atomic mass is 19.1. The molecule has 0 aliphatic heterocycles. The molecule has 2 aromatic heterocycles. The second-order valence-corrected chi connectivity index (χ2v) is 9.70. The Morgan fingerprint density at radius 1 is 1.21 bits per heavy atom. The predicted octanol–water partition coefficient (Wildman–Crippen LogP) is 4.72. The van der Waals surface area contributed by atoms with E-state index < -0.39 is 17.8 Å². The average molecular weight is 466 g/mol. The first kappa shape index (κ1) is 23.5. The molecule has 178 valence electrons. The van der Waals surface area contributed by atoms with E-state index in [0.29, 0.717) is 34.0 Å². The van der Waals surface area contributed by atoms with Crippen LogP contribution in [0.5, 0.6) is 0 Å². The molecule has 0 spiro atoms. The average Bonchev–Trinajstić information content (AvgIpc) is 3.50. The highest BCUT2D eigenvalue weighted by molar-refractivity contribution is 5.93. The fourth-order valence-electron chi connectivity index (χ4n) is 3.59. The molecule has 0 radical (unpaired) electrons. The summed E-state index contributed by atoms with van der Waals surface area (Å²) in [6, 6.07) is 6.30. The Hall–Kier alpha value is -3.62. The van der Waals surface area contributed by atoms with E-state index in [0.717, 1.165) is 12.8 Å². The number of hydrogen-bond acceptors (Lipinski definition) is 6. The quantitative estimate of drug-likeness (QED) is 0.545. The van der Waals surface area contributed by atoms with Gasteiger partial charge in [-0.1, -0.05) is 38.1 Å². The van der Waals surface area contributed by atoms with Crippen LogP contribution in [0.15, 0.2) is 35.0 Å². The van der Waals surface area contributed by atoms with E-state index in [4.69, 9.17) is 4.52 Å². The first-order valence-electron chi connectivity index (χ1n) is 11.3. The molecule has 1 saturated carbocycles. The molecular formula is C25H28FN5O3. The van der Waals surface area contributed by atoms with E-state index in [-0.39, 0.29) is 23.1 Å². The third kappa shape index (κ3) is 4.98. The van der Waals surface area contributed by atoms with Crippen molar-refractivity contribution in [3.05, 3.63) is 59.1 Å². The van der Waals surface area contributed by atoms with Crippen molar-refractivity contribution in [3.63, 3.8) is 0 Å². The van der Waals surface area contributed by atoms with Crippen molar-refractivity contribution in [1.29, 1.82) is 0 Å². The zero-order valence-electron chi connectivity index (χ0n) is 19.9. The van der Waals surface area contributed by atoms with Crippen LogP contribution >= 0.6 is 0 Å². The maximum Gasteiger partial charge on any atom is 0.293 e. The van der Waals surface area contributed by atoms with Crippen LogP contribution in [0.2, 0.25) is 0 Å². The summed E-state index contributed by atoms with van der Waals surface area (Å²) in [6.07, 6.45) is 3.32. The van der Waals surface area contributed by atoms with Gasteiger partial charge in [0.25, 0.3) is 11.7 Å². The third-order valence-electron chi connectivity index (χ3n) is 5.78. The predicted molar refractivity (Wildman–Crippen MR) is 125 cm³/mol. The maximum absolute atomic E-state index is 15.4. The monoisotopic (exact) mass is 465 g/mol. The van der Waals surface area contributed by atoms with Crippen molar-refractivity contribution < 1.29 is 18.5 Å². The van der Waals surface area contributed by atoms with Gasteiger partial charge in [-0.25, -0.2) is 9.37 Å². The summed E-state index contributed by atoms with van der Waals surface area (Å²) in [4.78, 5) is 33.0. The molecule has 0 bridgehead atoms. The molecule has 4 rings (SSSR count). The van der Waals surface area contributed by atoms with Crippen LogP contribution in [0.1, 0.15) is 74.2 Å². The maximum atomic E-state index is 15.4. The summed E-state index contributed by atoms with van der Waals surface area (Å²) < 4.78 is 20.6. The number of benzene rings is 1.